The second-order valence-corrected chi connectivity index (χ2v) is 7.86. The lowest BCUT2D eigenvalue weighted by Gasteiger charge is -2.22. The molecule has 2 unspecified atom stereocenters. The van der Waals surface area contributed by atoms with Crippen LogP contribution in [0, 0.1) is 11.3 Å². The quantitative estimate of drug-likeness (QED) is 0.874. The average molecular weight is 327 g/mol. The van der Waals surface area contributed by atoms with Crippen LogP contribution in [0.4, 0.5) is 0 Å². The Balaban J connectivity index is 1.64. The lowest BCUT2D eigenvalue weighted by molar-refractivity contribution is 0.420. The van der Waals surface area contributed by atoms with Gasteiger partial charge in [0.05, 0.1) is 16.1 Å². The van der Waals surface area contributed by atoms with E-state index < -0.39 is 0 Å². The number of nitrogens with one attached hydrogen (secondary N) is 1. The molecule has 0 heterocycles. The van der Waals surface area contributed by atoms with E-state index in [2.05, 4.69) is 11.4 Å². The van der Waals surface area contributed by atoms with Gasteiger partial charge in [-0.05, 0) is 50.3 Å². The van der Waals surface area contributed by atoms with Gasteiger partial charge in [0.25, 0.3) is 0 Å². The third-order valence-corrected chi connectivity index (χ3v) is 5.94. The molecular weight excluding hydrogens is 311 g/mol. The van der Waals surface area contributed by atoms with Crippen LogP contribution in [0.15, 0.2) is 23.1 Å². The molecule has 0 spiro atoms. The molecule has 2 aliphatic carbocycles. The Labute approximate surface area is 133 Å². The number of thioether (sulfide) groups is 1. The average Bonchev–Trinajstić information content (AvgIpc) is 3.15. The van der Waals surface area contributed by atoms with Crippen LogP contribution in [0.5, 0.6) is 0 Å². The number of hydrogen-bond donors (Lipinski definition) is 1. The molecule has 0 aromatic heterocycles. The first-order chi connectivity index (χ1) is 9.60. The monoisotopic (exact) mass is 326 g/mol. The Morgan fingerprint density at radius 2 is 2.05 bits per heavy atom. The van der Waals surface area contributed by atoms with Crippen LogP contribution in [0.25, 0.3) is 0 Å². The number of hydrogen-bond acceptors (Lipinski definition) is 3. The molecule has 0 radical (unpaired) electrons. The Bertz CT molecular complexity index is 553. The molecule has 2 aliphatic rings. The van der Waals surface area contributed by atoms with E-state index in [0.29, 0.717) is 21.3 Å². The summed E-state index contributed by atoms with van der Waals surface area (Å²) in [5, 5.41) is 14.7. The lowest BCUT2D eigenvalue weighted by atomic mass is 10.00. The van der Waals surface area contributed by atoms with Gasteiger partial charge in [-0.25, -0.2) is 0 Å². The highest BCUT2D eigenvalue weighted by atomic mass is 35.5. The van der Waals surface area contributed by atoms with E-state index in [4.69, 9.17) is 23.2 Å². The van der Waals surface area contributed by atoms with Crippen molar-refractivity contribution >= 4 is 35.0 Å². The maximum Gasteiger partial charge on any atom is 0.108 e. The summed E-state index contributed by atoms with van der Waals surface area (Å²) in [5.74, 6) is 0. The Morgan fingerprint density at radius 3 is 2.70 bits per heavy atom. The largest absolute Gasteiger partial charge is 0.297 e. The zero-order valence-electron chi connectivity index (χ0n) is 11.0. The van der Waals surface area contributed by atoms with Crippen molar-refractivity contribution in [3.8, 4) is 6.07 Å². The number of nitriles is 1. The fourth-order valence-corrected chi connectivity index (χ4v) is 4.41. The lowest BCUT2D eigenvalue weighted by Crippen LogP contribution is -2.43. The van der Waals surface area contributed by atoms with Crippen molar-refractivity contribution in [1.82, 2.24) is 5.32 Å². The van der Waals surface area contributed by atoms with Crippen molar-refractivity contribution in [2.45, 2.75) is 53.8 Å². The fourth-order valence-electron chi connectivity index (χ4n) is 2.73. The molecule has 5 heteroatoms. The van der Waals surface area contributed by atoms with Crippen LogP contribution < -0.4 is 5.32 Å². The van der Waals surface area contributed by atoms with Gasteiger partial charge in [0.2, 0.25) is 0 Å². The molecule has 0 bridgehead atoms. The standard InChI is InChI=1S/C15H16Cl2N2S/c16-13-4-3-11(7-14(13)17)20-12-5-6-15(8-12,9-18)19-10-1-2-10/h3-4,7,10,12,19H,1-2,5-6,8H2. The highest BCUT2D eigenvalue weighted by Gasteiger charge is 2.43. The molecule has 1 aromatic carbocycles. The summed E-state index contributed by atoms with van der Waals surface area (Å²) in [6.45, 7) is 0. The van der Waals surface area contributed by atoms with E-state index in [9.17, 15) is 5.26 Å². The smallest absolute Gasteiger partial charge is 0.108 e. The van der Waals surface area contributed by atoms with Gasteiger partial charge in [0.15, 0.2) is 0 Å². The van der Waals surface area contributed by atoms with Gasteiger partial charge in [-0.2, -0.15) is 5.26 Å². The van der Waals surface area contributed by atoms with E-state index in [1.165, 1.54) is 12.8 Å². The van der Waals surface area contributed by atoms with E-state index in [1.807, 2.05) is 18.2 Å². The number of rotatable bonds is 4. The summed E-state index contributed by atoms with van der Waals surface area (Å²) >= 11 is 13.8. The number of benzene rings is 1. The molecule has 2 nitrogen and oxygen atoms in total. The molecular formula is C15H16Cl2N2S. The molecule has 20 heavy (non-hydrogen) atoms. The summed E-state index contributed by atoms with van der Waals surface area (Å²) in [7, 11) is 0. The van der Waals surface area contributed by atoms with E-state index in [1.54, 1.807) is 11.8 Å². The second kappa shape index (κ2) is 5.77. The van der Waals surface area contributed by atoms with Gasteiger partial charge in [0, 0.05) is 16.2 Å². The maximum atomic E-state index is 9.50. The molecule has 106 valence electrons. The summed E-state index contributed by atoms with van der Waals surface area (Å²) in [4.78, 5) is 1.13. The molecule has 1 N–H and O–H groups in total. The Morgan fingerprint density at radius 1 is 1.25 bits per heavy atom. The molecule has 0 saturated heterocycles. The highest BCUT2D eigenvalue weighted by molar-refractivity contribution is 8.00. The second-order valence-electron chi connectivity index (χ2n) is 5.67. The summed E-state index contributed by atoms with van der Waals surface area (Å²) < 4.78 is 0. The van der Waals surface area contributed by atoms with Crippen LogP contribution >= 0.6 is 35.0 Å². The zero-order valence-corrected chi connectivity index (χ0v) is 13.4. The molecule has 0 amide bonds. The fraction of sp³-hybridized carbons (Fsp3) is 0.533. The summed E-state index contributed by atoms with van der Waals surface area (Å²) in [6.07, 6.45) is 5.35. The van der Waals surface area contributed by atoms with Gasteiger partial charge in [-0.15, -0.1) is 11.8 Å². The van der Waals surface area contributed by atoms with Crippen molar-refractivity contribution < 1.29 is 0 Å². The van der Waals surface area contributed by atoms with Gasteiger partial charge in [-0.1, -0.05) is 23.2 Å². The van der Waals surface area contributed by atoms with Crippen molar-refractivity contribution in [3.63, 3.8) is 0 Å². The third kappa shape index (κ3) is 3.26. The first-order valence-electron chi connectivity index (χ1n) is 6.91. The van der Waals surface area contributed by atoms with Gasteiger partial charge < -0.3 is 0 Å². The van der Waals surface area contributed by atoms with E-state index in [0.717, 1.165) is 24.2 Å². The minimum Gasteiger partial charge on any atom is -0.297 e. The van der Waals surface area contributed by atoms with Gasteiger partial charge >= 0.3 is 0 Å². The van der Waals surface area contributed by atoms with E-state index >= 15 is 0 Å². The first-order valence-corrected chi connectivity index (χ1v) is 8.54. The predicted molar refractivity (Wildman–Crippen MR) is 84.5 cm³/mol. The normalized spacial score (nSPS) is 29.4. The van der Waals surface area contributed by atoms with Crippen LogP contribution in [0.2, 0.25) is 10.0 Å². The first kappa shape index (κ1) is 14.5. The molecule has 0 aliphatic heterocycles. The van der Waals surface area contributed by atoms with Crippen LogP contribution in [-0.2, 0) is 0 Å². The summed E-state index contributed by atoms with van der Waals surface area (Å²) in [6, 6.07) is 8.83. The Hall–Kier alpha value is -0.400. The van der Waals surface area contributed by atoms with Crippen LogP contribution in [0.3, 0.4) is 0 Å². The third-order valence-electron chi connectivity index (χ3n) is 3.93. The predicted octanol–water partition coefficient (Wildman–Crippen LogP) is 4.65. The van der Waals surface area contributed by atoms with Gasteiger partial charge in [-0.3, -0.25) is 5.32 Å². The molecule has 2 atom stereocenters. The van der Waals surface area contributed by atoms with Crippen LogP contribution in [0.1, 0.15) is 32.1 Å². The molecule has 2 fully saturated rings. The van der Waals surface area contributed by atoms with Crippen molar-refractivity contribution in [3.05, 3.63) is 28.2 Å². The molecule has 2 saturated carbocycles. The summed E-state index contributed by atoms with van der Waals surface area (Å²) in [5.41, 5.74) is -0.310. The van der Waals surface area contributed by atoms with Crippen molar-refractivity contribution in [2.75, 3.05) is 0 Å². The maximum absolute atomic E-state index is 9.50. The number of nitrogens with zero attached hydrogens (tertiary/aromatic N) is 1. The van der Waals surface area contributed by atoms with Crippen molar-refractivity contribution in [2.24, 2.45) is 0 Å². The SMILES string of the molecule is N#CC1(NC2CC2)CCC(Sc2ccc(Cl)c(Cl)c2)C1. The zero-order chi connectivity index (χ0) is 14.2. The van der Waals surface area contributed by atoms with E-state index in [-0.39, 0.29) is 5.54 Å². The number of halogens is 2. The molecule has 3 rings (SSSR count). The minimum absolute atomic E-state index is 0.310. The van der Waals surface area contributed by atoms with Crippen molar-refractivity contribution in [1.29, 1.82) is 5.26 Å². The molecule has 1 aromatic rings. The highest BCUT2D eigenvalue weighted by Crippen LogP contribution is 2.42. The topological polar surface area (TPSA) is 35.8 Å². The van der Waals surface area contributed by atoms with Gasteiger partial charge in [0.1, 0.15) is 5.54 Å². The Kier molecular flexibility index (Phi) is 4.19. The van der Waals surface area contributed by atoms with Crippen LogP contribution in [-0.4, -0.2) is 16.8 Å². The minimum atomic E-state index is -0.310.